The van der Waals surface area contributed by atoms with Crippen LogP contribution in [0, 0.1) is 0 Å². The van der Waals surface area contributed by atoms with E-state index < -0.39 is 23.6 Å². The minimum absolute atomic E-state index is 0.145. The van der Waals surface area contributed by atoms with Crippen LogP contribution in [-0.2, 0) is 17.9 Å². The van der Waals surface area contributed by atoms with Gasteiger partial charge in [0.15, 0.2) is 0 Å². The lowest BCUT2D eigenvalue weighted by molar-refractivity contribution is -0.274. The molecule has 0 saturated heterocycles. The number of carbonyl (C=O) groups is 1. The van der Waals surface area contributed by atoms with Crippen LogP contribution in [0.5, 0.6) is 5.75 Å². The number of carbonyl (C=O) groups excluding carboxylic acids is 1. The molecule has 0 fully saturated rings. The number of para-hydroxylation sites is 1. The number of ether oxygens (including phenoxy) is 1. The molecule has 1 amide bonds. The molecule has 0 aliphatic rings. The summed E-state index contributed by atoms with van der Waals surface area (Å²) in [4.78, 5) is 24.3. The van der Waals surface area contributed by atoms with E-state index in [0.717, 1.165) is 20.8 Å². The largest absolute Gasteiger partial charge is 0.573 e. The Kier molecular flexibility index (Phi) is 6.56. The number of hydrogen-bond donors (Lipinski definition) is 1. The van der Waals surface area contributed by atoms with Crippen molar-refractivity contribution in [1.29, 1.82) is 0 Å². The van der Waals surface area contributed by atoms with Gasteiger partial charge in [0.25, 0.3) is 5.56 Å². The van der Waals surface area contributed by atoms with Crippen molar-refractivity contribution in [2.45, 2.75) is 19.5 Å². The number of rotatable bonds is 6. The third-order valence-corrected chi connectivity index (χ3v) is 4.50. The van der Waals surface area contributed by atoms with E-state index in [2.05, 4.69) is 31.1 Å². The van der Waals surface area contributed by atoms with Crippen molar-refractivity contribution in [2.24, 2.45) is 0 Å². The first kappa shape index (κ1) is 21.6. The summed E-state index contributed by atoms with van der Waals surface area (Å²) in [7, 11) is 0. The fourth-order valence-electron chi connectivity index (χ4n) is 2.60. The average Bonchev–Trinajstić information content (AvgIpc) is 2.68. The van der Waals surface area contributed by atoms with Crippen molar-refractivity contribution in [3.05, 3.63) is 81.1 Å². The SMILES string of the molecule is O=C(Cn1nc(-c2ccc(Br)cc2)ccc1=O)NCc1ccccc1OC(F)(F)F. The molecule has 1 heterocycles. The summed E-state index contributed by atoms with van der Waals surface area (Å²) in [5.74, 6) is -0.989. The van der Waals surface area contributed by atoms with E-state index in [1.165, 1.54) is 24.3 Å². The van der Waals surface area contributed by atoms with Crippen LogP contribution >= 0.6 is 15.9 Å². The third kappa shape index (κ3) is 5.93. The van der Waals surface area contributed by atoms with Gasteiger partial charge in [-0.15, -0.1) is 13.2 Å². The topological polar surface area (TPSA) is 73.2 Å². The Bertz CT molecular complexity index is 1100. The predicted molar refractivity (Wildman–Crippen MR) is 107 cm³/mol. The van der Waals surface area contributed by atoms with E-state index in [4.69, 9.17) is 0 Å². The number of aromatic nitrogens is 2. The van der Waals surface area contributed by atoms with Crippen molar-refractivity contribution in [3.8, 4) is 17.0 Å². The van der Waals surface area contributed by atoms with E-state index in [-0.39, 0.29) is 18.7 Å². The van der Waals surface area contributed by atoms with Gasteiger partial charge in [-0.1, -0.05) is 46.3 Å². The second kappa shape index (κ2) is 9.12. The second-order valence-corrected chi connectivity index (χ2v) is 7.07. The lowest BCUT2D eigenvalue weighted by atomic mass is 10.1. The monoisotopic (exact) mass is 481 g/mol. The molecule has 0 bridgehead atoms. The second-order valence-electron chi connectivity index (χ2n) is 6.15. The van der Waals surface area contributed by atoms with E-state index >= 15 is 0 Å². The summed E-state index contributed by atoms with van der Waals surface area (Å²) >= 11 is 3.33. The molecule has 2 aromatic carbocycles. The highest BCUT2D eigenvalue weighted by Gasteiger charge is 2.32. The standard InChI is InChI=1S/C20H15BrF3N3O3/c21-15-7-5-13(6-8-15)16-9-10-19(29)27(26-16)12-18(28)25-11-14-3-1-2-4-17(14)30-20(22,23)24/h1-10H,11-12H2,(H,25,28). The predicted octanol–water partition coefficient (Wildman–Crippen LogP) is 3.89. The van der Waals surface area contributed by atoms with Crippen LogP contribution in [0.15, 0.2) is 69.9 Å². The molecule has 1 aromatic heterocycles. The molecule has 156 valence electrons. The normalized spacial score (nSPS) is 11.2. The van der Waals surface area contributed by atoms with Crippen LogP contribution < -0.4 is 15.6 Å². The highest BCUT2D eigenvalue weighted by atomic mass is 79.9. The zero-order valence-corrected chi connectivity index (χ0v) is 16.9. The Hall–Kier alpha value is -3.14. The van der Waals surface area contributed by atoms with Gasteiger partial charge in [-0.2, -0.15) is 5.10 Å². The number of nitrogens with zero attached hydrogens (tertiary/aromatic N) is 2. The lowest BCUT2D eigenvalue weighted by Gasteiger charge is -2.14. The molecular formula is C20H15BrF3N3O3. The van der Waals surface area contributed by atoms with Gasteiger partial charge in [0.1, 0.15) is 12.3 Å². The molecule has 0 aliphatic heterocycles. The Morgan fingerprint density at radius 3 is 2.47 bits per heavy atom. The van der Waals surface area contributed by atoms with E-state index in [0.29, 0.717) is 5.69 Å². The first-order valence-corrected chi connectivity index (χ1v) is 9.45. The highest BCUT2D eigenvalue weighted by Crippen LogP contribution is 2.26. The minimum Gasteiger partial charge on any atom is -0.405 e. The average molecular weight is 482 g/mol. The maximum atomic E-state index is 12.5. The summed E-state index contributed by atoms with van der Waals surface area (Å²) in [6, 6.07) is 15.6. The van der Waals surface area contributed by atoms with Gasteiger partial charge in [-0.05, 0) is 24.3 Å². The molecule has 10 heteroatoms. The first-order valence-electron chi connectivity index (χ1n) is 8.66. The van der Waals surface area contributed by atoms with Crippen LogP contribution in [-0.4, -0.2) is 22.1 Å². The van der Waals surface area contributed by atoms with Crippen molar-refractivity contribution in [1.82, 2.24) is 15.1 Å². The molecule has 30 heavy (non-hydrogen) atoms. The zero-order valence-electron chi connectivity index (χ0n) is 15.3. The van der Waals surface area contributed by atoms with Gasteiger partial charge < -0.3 is 10.1 Å². The number of nitrogens with one attached hydrogen (secondary N) is 1. The molecule has 0 spiro atoms. The van der Waals surface area contributed by atoms with Crippen molar-refractivity contribution in [3.63, 3.8) is 0 Å². The quantitative estimate of drug-likeness (QED) is 0.579. The molecule has 3 rings (SSSR count). The fraction of sp³-hybridized carbons (Fsp3) is 0.150. The number of alkyl halides is 3. The van der Waals surface area contributed by atoms with E-state index in [1.807, 2.05) is 12.1 Å². The van der Waals surface area contributed by atoms with Crippen LogP contribution in [0.25, 0.3) is 11.3 Å². The van der Waals surface area contributed by atoms with E-state index in [1.54, 1.807) is 18.2 Å². The van der Waals surface area contributed by atoms with Crippen LogP contribution in [0.1, 0.15) is 5.56 Å². The van der Waals surface area contributed by atoms with Crippen molar-refractivity contribution >= 4 is 21.8 Å². The van der Waals surface area contributed by atoms with Gasteiger partial charge in [0.2, 0.25) is 5.91 Å². The highest BCUT2D eigenvalue weighted by molar-refractivity contribution is 9.10. The molecule has 0 atom stereocenters. The molecule has 0 unspecified atom stereocenters. The van der Waals surface area contributed by atoms with Gasteiger partial charge >= 0.3 is 6.36 Å². The first-order chi connectivity index (χ1) is 14.2. The Labute approximate surface area is 177 Å². The molecule has 0 saturated carbocycles. The summed E-state index contributed by atoms with van der Waals surface area (Å²) in [5, 5.41) is 6.66. The van der Waals surface area contributed by atoms with Gasteiger partial charge in [0.05, 0.1) is 5.69 Å². The van der Waals surface area contributed by atoms with E-state index in [9.17, 15) is 22.8 Å². The number of benzene rings is 2. The zero-order chi connectivity index (χ0) is 21.7. The smallest absolute Gasteiger partial charge is 0.405 e. The molecule has 0 aliphatic carbocycles. The summed E-state index contributed by atoms with van der Waals surface area (Å²) in [6.45, 7) is -0.586. The Morgan fingerprint density at radius 2 is 1.77 bits per heavy atom. The Morgan fingerprint density at radius 1 is 1.07 bits per heavy atom. The van der Waals surface area contributed by atoms with Crippen LogP contribution in [0.2, 0.25) is 0 Å². The lowest BCUT2D eigenvalue weighted by Crippen LogP contribution is -2.33. The van der Waals surface area contributed by atoms with Gasteiger partial charge in [0, 0.05) is 28.2 Å². The molecule has 6 nitrogen and oxygen atoms in total. The van der Waals surface area contributed by atoms with Gasteiger partial charge in [-0.3, -0.25) is 9.59 Å². The fourth-order valence-corrected chi connectivity index (χ4v) is 2.86. The number of amides is 1. The van der Waals surface area contributed by atoms with Crippen molar-refractivity contribution < 1.29 is 22.7 Å². The maximum absolute atomic E-state index is 12.5. The third-order valence-electron chi connectivity index (χ3n) is 3.97. The summed E-state index contributed by atoms with van der Waals surface area (Å²) < 4.78 is 43.3. The molecule has 1 N–H and O–H groups in total. The maximum Gasteiger partial charge on any atom is 0.573 e. The molecule has 3 aromatic rings. The molecular weight excluding hydrogens is 467 g/mol. The number of hydrogen-bond acceptors (Lipinski definition) is 4. The van der Waals surface area contributed by atoms with Crippen molar-refractivity contribution in [2.75, 3.05) is 0 Å². The molecule has 0 radical (unpaired) electrons. The Balaban J connectivity index is 1.69. The number of halogens is 4. The minimum atomic E-state index is -4.84. The van der Waals surface area contributed by atoms with Gasteiger partial charge in [-0.25, -0.2) is 4.68 Å². The summed E-state index contributed by atoms with van der Waals surface area (Å²) in [6.07, 6.45) is -4.84. The van der Waals surface area contributed by atoms with Crippen LogP contribution in [0.4, 0.5) is 13.2 Å². The summed E-state index contributed by atoms with van der Waals surface area (Å²) in [5.41, 5.74) is 0.920. The van der Waals surface area contributed by atoms with Crippen LogP contribution in [0.3, 0.4) is 0 Å².